The van der Waals surface area contributed by atoms with Gasteiger partial charge in [-0.15, -0.1) is 0 Å². The molecule has 3 amide bonds. The quantitative estimate of drug-likeness (QED) is 0.788. The van der Waals surface area contributed by atoms with E-state index in [0.29, 0.717) is 50.5 Å². The summed E-state index contributed by atoms with van der Waals surface area (Å²) >= 11 is 0. The van der Waals surface area contributed by atoms with E-state index in [2.05, 4.69) is 15.5 Å². The molecule has 0 aliphatic carbocycles. The summed E-state index contributed by atoms with van der Waals surface area (Å²) in [5, 5.41) is 6.36. The van der Waals surface area contributed by atoms with E-state index >= 15 is 0 Å². The number of hydrogen-bond acceptors (Lipinski definition) is 6. The molecule has 0 saturated carbocycles. The first kappa shape index (κ1) is 18.3. The Morgan fingerprint density at radius 3 is 2.96 bits per heavy atom. The van der Waals surface area contributed by atoms with Crippen molar-refractivity contribution in [2.24, 2.45) is 5.41 Å². The van der Waals surface area contributed by atoms with Crippen LogP contribution in [-0.4, -0.2) is 45.9 Å². The molecule has 0 bridgehead atoms. The van der Waals surface area contributed by atoms with Crippen LogP contribution in [-0.2, 0) is 20.8 Å². The van der Waals surface area contributed by atoms with E-state index in [0.717, 1.165) is 11.1 Å². The lowest BCUT2D eigenvalue weighted by Crippen LogP contribution is -2.36. The molecule has 0 radical (unpaired) electrons. The fraction of sp³-hybridized carbons (Fsp3) is 0.450. The highest BCUT2D eigenvalue weighted by Gasteiger charge is 2.51. The first-order chi connectivity index (χ1) is 13.4. The Kier molecular flexibility index (Phi) is 4.70. The van der Waals surface area contributed by atoms with Gasteiger partial charge in [-0.2, -0.15) is 4.98 Å². The second kappa shape index (κ2) is 7.18. The fourth-order valence-corrected chi connectivity index (χ4v) is 3.91. The van der Waals surface area contributed by atoms with Gasteiger partial charge in [0, 0.05) is 37.9 Å². The van der Waals surface area contributed by atoms with Crippen molar-refractivity contribution in [3.63, 3.8) is 0 Å². The van der Waals surface area contributed by atoms with Gasteiger partial charge in [0.1, 0.15) is 0 Å². The van der Waals surface area contributed by atoms with Crippen LogP contribution < -0.4 is 5.32 Å². The Morgan fingerprint density at radius 2 is 2.21 bits per heavy atom. The van der Waals surface area contributed by atoms with Crippen LogP contribution in [0.4, 0.5) is 0 Å². The van der Waals surface area contributed by atoms with Gasteiger partial charge in [-0.1, -0.05) is 28.9 Å². The predicted octanol–water partition coefficient (Wildman–Crippen LogP) is 1.63. The lowest BCUT2D eigenvalue weighted by molar-refractivity contribution is -0.131. The molecule has 3 heterocycles. The smallest absolute Gasteiger partial charge is 0.235 e. The summed E-state index contributed by atoms with van der Waals surface area (Å²) in [4.78, 5) is 42.1. The number of aromatic nitrogens is 2. The van der Waals surface area contributed by atoms with Crippen LogP contribution in [0.3, 0.4) is 0 Å². The Morgan fingerprint density at radius 1 is 1.36 bits per heavy atom. The molecular formula is C20H22N4O4. The van der Waals surface area contributed by atoms with Crippen molar-refractivity contribution in [1.29, 1.82) is 0 Å². The van der Waals surface area contributed by atoms with Gasteiger partial charge < -0.3 is 9.42 Å². The third-order valence-electron chi connectivity index (χ3n) is 5.47. The molecular weight excluding hydrogens is 360 g/mol. The summed E-state index contributed by atoms with van der Waals surface area (Å²) < 4.78 is 5.29. The van der Waals surface area contributed by atoms with Crippen LogP contribution in [0, 0.1) is 12.3 Å². The highest BCUT2D eigenvalue weighted by atomic mass is 16.5. The molecule has 1 atom stereocenters. The molecule has 28 heavy (non-hydrogen) atoms. The summed E-state index contributed by atoms with van der Waals surface area (Å²) in [6.07, 6.45) is 2.17. The van der Waals surface area contributed by atoms with Crippen LogP contribution in [0.15, 0.2) is 28.8 Å². The summed E-state index contributed by atoms with van der Waals surface area (Å²) in [5.74, 6) is 0.538. The third kappa shape index (κ3) is 3.54. The number of nitrogens with zero attached hydrogens (tertiary/aromatic N) is 3. The average molecular weight is 382 g/mol. The molecule has 0 unspecified atom stereocenters. The van der Waals surface area contributed by atoms with Crippen molar-refractivity contribution < 1.29 is 18.9 Å². The molecule has 2 aromatic rings. The maximum absolute atomic E-state index is 12.5. The molecule has 4 rings (SSSR count). The van der Waals surface area contributed by atoms with Crippen LogP contribution in [0.1, 0.15) is 37.1 Å². The molecule has 2 saturated heterocycles. The van der Waals surface area contributed by atoms with E-state index in [1.54, 1.807) is 4.90 Å². The van der Waals surface area contributed by atoms with Gasteiger partial charge in [-0.3, -0.25) is 19.7 Å². The highest BCUT2D eigenvalue weighted by Crippen LogP contribution is 2.37. The van der Waals surface area contributed by atoms with E-state index in [-0.39, 0.29) is 24.1 Å². The van der Waals surface area contributed by atoms with Gasteiger partial charge in [-0.25, -0.2) is 0 Å². The van der Waals surface area contributed by atoms with Crippen LogP contribution in [0.2, 0.25) is 0 Å². The zero-order chi connectivity index (χ0) is 19.7. The highest BCUT2D eigenvalue weighted by molar-refractivity contribution is 6.06. The minimum absolute atomic E-state index is 0.0116. The van der Waals surface area contributed by atoms with Gasteiger partial charge in [0.25, 0.3) is 0 Å². The SMILES string of the molecule is Cc1cccc(-c2noc(CCCC(=O)N3CC[C@@]4(CC(=O)NC4=O)C3)n2)c1. The fourth-order valence-electron chi connectivity index (χ4n) is 3.91. The Labute approximate surface area is 162 Å². The van der Waals surface area contributed by atoms with Gasteiger partial charge in [-0.05, 0) is 25.8 Å². The van der Waals surface area contributed by atoms with E-state index in [1.165, 1.54) is 0 Å². The standard InChI is InChI=1S/C20H22N4O4/c1-13-4-2-5-14(10-13)18-22-16(28-23-18)6-3-7-17(26)24-9-8-20(12-24)11-15(25)21-19(20)27/h2,4-5,10H,3,6-9,11-12H2,1H3,(H,21,25,27)/t20-/m1/s1. The predicted molar refractivity (Wildman–Crippen MR) is 98.8 cm³/mol. The van der Waals surface area contributed by atoms with E-state index < -0.39 is 5.41 Å². The number of amides is 3. The first-order valence-electron chi connectivity index (χ1n) is 9.47. The van der Waals surface area contributed by atoms with Gasteiger partial charge >= 0.3 is 0 Å². The largest absolute Gasteiger partial charge is 0.342 e. The number of imide groups is 1. The molecule has 1 aromatic heterocycles. The van der Waals surface area contributed by atoms with Gasteiger partial charge in [0.05, 0.1) is 5.41 Å². The minimum atomic E-state index is -0.720. The molecule has 2 fully saturated rings. The van der Waals surface area contributed by atoms with Gasteiger partial charge in [0.15, 0.2) is 0 Å². The number of hydrogen-bond donors (Lipinski definition) is 1. The Bertz CT molecular complexity index is 938. The molecule has 2 aliphatic rings. The minimum Gasteiger partial charge on any atom is -0.342 e. The zero-order valence-corrected chi connectivity index (χ0v) is 15.7. The molecule has 2 aliphatic heterocycles. The average Bonchev–Trinajstić information content (AvgIpc) is 3.35. The van der Waals surface area contributed by atoms with Crippen molar-refractivity contribution in [2.45, 2.75) is 39.0 Å². The topological polar surface area (TPSA) is 105 Å². The van der Waals surface area contributed by atoms with Crippen molar-refractivity contribution in [2.75, 3.05) is 13.1 Å². The maximum atomic E-state index is 12.5. The normalized spacial score (nSPS) is 21.5. The Balaban J connectivity index is 1.28. The molecule has 146 valence electrons. The first-order valence-corrected chi connectivity index (χ1v) is 9.47. The molecule has 8 nitrogen and oxygen atoms in total. The third-order valence-corrected chi connectivity index (χ3v) is 5.47. The van der Waals surface area contributed by atoms with Crippen LogP contribution in [0.5, 0.6) is 0 Å². The van der Waals surface area contributed by atoms with E-state index in [1.807, 2.05) is 31.2 Å². The van der Waals surface area contributed by atoms with Crippen LogP contribution >= 0.6 is 0 Å². The number of aryl methyl sites for hydroxylation is 2. The van der Waals surface area contributed by atoms with Crippen molar-refractivity contribution in [3.05, 3.63) is 35.7 Å². The number of likely N-dealkylation sites (tertiary alicyclic amines) is 1. The monoisotopic (exact) mass is 382 g/mol. The number of carbonyl (C=O) groups is 3. The lowest BCUT2D eigenvalue weighted by atomic mass is 9.85. The summed E-state index contributed by atoms with van der Waals surface area (Å²) in [6.45, 7) is 2.84. The van der Waals surface area contributed by atoms with E-state index in [4.69, 9.17) is 4.52 Å². The summed E-state index contributed by atoms with van der Waals surface area (Å²) in [7, 11) is 0. The van der Waals surface area contributed by atoms with E-state index in [9.17, 15) is 14.4 Å². The zero-order valence-electron chi connectivity index (χ0n) is 15.7. The van der Waals surface area contributed by atoms with Crippen molar-refractivity contribution in [1.82, 2.24) is 20.4 Å². The summed E-state index contributed by atoms with van der Waals surface area (Å²) in [6, 6.07) is 7.87. The van der Waals surface area contributed by atoms with Crippen LogP contribution in [0.25, 0.3) is 11.4 Å². The number of rotatable bonds is 5. The molecule has 8 heteroatoms. The Hall–Kier alpha value is -3.03. The maximum Gasteiger partial charge on any atom is 0.235 e. The second-order valence-electron chi connectivity index (χ2n) is 7.63. The number of benzene rings is 1. The second-order valence-corrected chi connectivity index (χ2v) is 7.63. The molecule has 1 aromatic carbocycles. The van der Waals surface area contributed by atoms with Crippen molar-refractivity contribution in [3.8, 4) is 11.4 Å². The number of nitrogens with one attached hydrogen (secondary N) is 1. The summed E-state index contributed by atoms with van der Waals surface area (Å²) in [5.41, 5.74) is 1.30. The van der Waals surface area contributed by atoms with Gasteiger partial charge in [0.2, 0.25) is 29.4 Å². The molecule has 1 N–H and O–H groups in total. The number of carbonyl (C=O) groups excluding carboxylic acids is 3. The lowest BCUT2D eigenvalue weighted by Gasteiger charge is -2.20. The van der Waals surface area contributed by atoms with Crippen molar-refractivity contribution >= 4 is 17.7 Å². The molecule has 1 spiro atoms.